The van der Waals surface area contributed by atoms with Gasteiger partial charge < -0.3 is 4.42 Å². The molecule has 0 aliphatic carbocycles. The maximum atomic E-state index is 11.6. The molecule has 0 unspecified atom stereocenters. The number of hydrogen-bond donors (Lipinski definition) is 1. The predicted molar refractivity (Wildman–Crippen MR) is 119 cm³/mol. The van der Waals surface area contributed by atoms with Crippen LogP contribution in [0.3, 0.4) is 0 Å². The van der Waals surface area contributed by atoms with Crippen LogP contribution in [-0.2, 0) is 10.0 Å². The van der Waals surface area contributed by atoms with Crippen LogP contribution in [0.15, 0.2) is 75.2 Å². The zero-order chi connectivity index (χ0) is 21.8. The van der Waals surface area contributed by atoms with Crippen molar-refractivity contribution in [2.24, 2.45) is 5.14 Å². The Balaban J connectivity index is 1.74. The van der Waals surface area contributed by atoms with Gasteiger partial charge in [0.15, 0.2) is 5.69 Å². The van der Waals surface area contributed by atoms with E-state index >= 15 is 0 Å². The lowest BCUT2D eigenvalue weighted by atomic mass is 10.1. The number of rotatable bonds is 8. The van der Waals surface area contributed by atoms with Crippen molar-refractivity contribution >= 4 is 21.8 Å². The summed E-state index contributed by atoms with van der Waals surface area (Å²) in [6, 6.07) is 17.8. The Morgan fingerprint density at radius 3 is 2.48 bits per heavy atom. The molecule has 0 atom stereocenters. The maximum Gasteiger partial charge on any atom is 0.276 e. The van der Waals surface area contributed by atoms with Crippen LogP contribution in [-0.4, -0.2) is 34.1 Å². The third kappa shape index (κ3) is 4.87. The molecule has 4 aromatic rings. The van der Waals surface area contributed by atoms with Gasteiger partial charge >= 0.3 is 0 Å². The van der Waals surface area contributed by atoms with Gasteiger partial charge in [-0.3, -0.25) is 0 Å². The average molecular weight is 456 g/mol. The highest BCUT2D eigenvalue weighted by molar-refractivity contribution is 7.99. The Kier molecular flexibility index (Phi) is 6.21. The minimum atomic E-state index is -3.77. The highest BCUT2D eigenvalue weighted by Crippen LogP contribution is 2.30. The van der Waals surface area contributed by atoms with Crippen LogP contribution in [0, 0.1) is 0 Å². The molecular weight excluding hydrogens is 434 g/mol. The molecule has 0 saturated carbocycles. The molecule has 2 aromatic carbocycles. The third-order valence-corrected chi connectivity index (χ3v) is 6.37. The summed E-state index contributed by atoms with van der Waals surface area (Å²) in [5.41, 5.74) is 2.95. The number of nitrogens with two attached hydrogens (primary N) is 1. The van der Waals surface area contributed by atoms with Crippen LogP contribution in [0.4, 0.5) is 0 Å². The number of sulfonamides is 1. The molecule has 10 heteroatoms. The van der Waals surface area contributed by atoms with E-state index in [1.807, 2.05) is 36.4 Å². The molecule has 8 nitrogen and oxygen atoms in total. The number of primary sulfonamides is 1. The highest BCUT2D eigenvalue weighted by atomic mass is 32.2. The number of benzene rings is 2. The Labute approximate surface area is 184 Å². The summed E-state index contributed by atoms with van der Waals surface area (Å²) in [4.78, 5) is 0.0375. The van der Waals surface area contributed by atoms with Crippen molar-refractivity contribution in [3.05, 3.63) is 60.7 Å². The second kappa shape index (κ2) is 9.04. The van der Waals surface area contributed by atoms with E-state index in [0.717, 1.165) is 29.9 Å². The lowest BCUT2D eigenvalue weighted by molar-refractivity contribution is 0.464. The second-order valence-corrected chi connectivity index (χ2v) is 9.41. The van der Waals surface area contributed by atoms with Crippen molar-refractivity contribution in [1.82, 2.24) is 20.0 Å². The molecule has 0 bridgehead atoms. The third-order valence-electron chi connectivity index (χ3n) is 4.54. The summed E-state index contributed by atoms with van der Waals surface area (Å²) >= 11 is 1.52. The van der Waals surface area contributed by atoms with E-state index in [1.54, 1.807) is 16.8 Å². The number of unbranched alkanes of at least 4 members (excludes halogenated alkanes) is 1. The summed E-state index contributed by atoms with van der Waals surface area (Å²) in [6.07, 6.45) is 2.17. The fourth-order valence-corrected chi connectivity index (χ4v) is 4.31. The van der Waals surface area contributed by atoms with Gasteiger partial charge in [-0.1, -0.05) is 55.4 Å². The molecule has 2 heterocycles. The predicted octanol–water partition coefficient (Wildman–Crippen LogP) is 4.13. The van der Waals surface area contributed by atoms with Crippen LogP contribution in [0.5, 0.6) is 0 Å². The Morgan fingerprint density at radius 1 is 1.06 bits per heavy atom. The molecule has 0 saturated heterocycles. The first-order valence-electron chi connectivity index (χ1n) is 9.71. The van der Waals surface area contributed by atoms with Gasteiger partial charge in [0.25, 0.3) is 11.1 Å². The van der Waals surface area contributed by atoms with E-state index in [2.05, 4.69) is 22.2 Å². The van der Waals surface area contributed by atoms with E-state index in [9.17, 15) is 8.42 Å². The molecule has 2 N–H and O–H groups in total. The van der Waals surface area contributed by atoms with Crippen molar-refractivity contribution in [1.29, 1.82) is 0 Å². The van der Waals surface area contributed by atoms with Crippen LogP contribution in [0.1, 0.15) is 19.8 Å². The van der Waals surface area contributed by atoms with E-state index < -0.39 is 10.0 Å². The van der Waals surface area contributed by atoms with Gasteiger partial charge in [-0.05, 0) is 36.8 Å². The standard InChI is InChI=1S/C21H21N5O3S2/c1-2-3-13-30-21-24-23-20(29-21)18-14-19(15-7-5-4-6-8-15)26(25-18)16-9-11-17(12-10-16)31(22,27)28/h4-12,14H,2-3,13H2,1H3,(H2,22,27,28). The normalized spacial score (nSPS) is 11.7. The highest BCUT2D eigenvalue weighted by Gasteiger charge is 2.18. The number of hydrogen-bond acceptors (Lipinski definition) is 7. The average Bonchev–Trinajstić information content (AvgIpc) is 3.41. The zero-order valence-electron chi connectivity index (χ0n) is 16.8. The van der Waals surface area contributed by atoms with Crippen LogP contribution in [0.2, 0.25) is 0 Å². The van der Waals surface area contributed by atoms with E-state index in [0.29, 0.717) is 22.5 Å². The van der Waals surface area contributed by atoms with Crippen molar-refractivity contribution < 1.29 is 12.8 Å². The Hall–Kier alpha value is -2.95. The number of thioether (sulfide) groups is 1. The van der Waals surface area contributed by atoms with Crippen molar-refractivity contribution in [2.75, 3.05) is 5.75 Å². The second-order valence-electron chi connectivity index (χ2n) is 6.81. The lowest BCUT2D eigenvalue weighted by Crippen LogP contribution is -2.12. The minimum Gasteiger partial charge on any atom is -0.410 e. The maximum absolute atomic E-state index is 11.6. The molecule has 0 amide bonds. The van der Waals surface area contributed by atoms with Crippen LogP contribution >= 0.6 is 11.8 Å². The van der Waals surface area contributed by atoms with Crippen molar-refractivity contribution in [3.8, 4) is 28.5 Å². The van der Waals surface area contributed by atoms with Crippen LogP contribution < -0.4 is 5.14 Å². The summed E-state index contributed by atoms with van der Waals surface area (Å²) in [5, 5.41) is 18.6. The van der Waals surface area contributed by atoms with E-state index in [4.69, 9.17) is 9.56 Å². The van der Waals surface area contributed by atoms with Crippen molar-refractivity contribution in [2.45, 2.75) is 29.9 Å². The van der Waals surface area contributed by atoms with Gasteiger partial charge in [-0.15, -0.1) is 10.2 Å². The molecule has 2 aromatic heterocycles. The SMILES string of the molecule is CCCCSc1nnc(-c2cc(-c3ccccc3)n(-c3ccc(S(N)(=O)=O)cc3)n2)o1. The zero-order valence-corrected chi connectivity index (χ0v) is 18.4. The molecular formula is C21H21N5O3S2. The Morgan fingerprint density at radius 2 is 1.81 bits per heavy atom. The molecule has 0 spiro atoms. The van der Waals surface area contributed by atoms with Gasteiger partial charge in [0.05, 0.1) is 16.3 Å². The first kappa shape index (κ1) is 21.3. The van der Waals surface area contributed by atoms with Gasteiger partial charge in [0.1, 0.15) is 0 Å². The van der Waals surface area contributed by atoms with Gasteiger partial charge in [-0.2, -0.15) is 5.10 Å². The van der Waals surface area contributed by atoms with Gasteiger partial charge in [0.2, 0.25) is 10.0 Å². The number of nitrogens with zero attached hydrogens (tertiary/aromatic N) is 4. The van der Waals surface area contributed by atoms with E-state index in [1.165, 1.54) is 23.9 Å². The molecule has 4 rings (SSSR count). The quantitative estimate of drug-likeness (QED) is 0.313. The largest absolute Gasteiger partial charge is 0.410 e. The minimum absolute atomic E-state index is 0.0375. The number of aromatic nitrogens is 4. The topological polar surface area (TPSA) is 117 Å². The van der Waals surface area contributed by atoms with Gasteiger partial charge in [-0.25, -0.2) is 18.2 Å². The van der Waals surface area contributed by atoms with E-state index in [-0.39, 0.29) is 4.90 Å². The summed E-state index contributed by atoms with van der Waals surface area (Å²) in [6.45, 7) is 2.13. The lowest BCUT2D eigenvalue weighted by Gasteiger charge is -2.08. The molecule has 0 radical (unpaired) electrons. The monoisotopic (exact) mass is 455 g/mol. The summed E-state index contributed by atoms with van der Waals surface area (Å²) in [5.74, 6) is 1.24. The first-order valence-corrected chi connectivity index (χ1v) is 12.2. The molecule has 0 aliphatic rings. The molecule has 0 fully saturated rings. The van der Waals surface area contributed by atoms with Gasteiger partial charge in [0, 0.05) is 11.3 Å². The fourth-order valence-electron chi connectivity index (χ4n) is 2.95. The summed E-state index contributed by atoms with van der Waals surface area (Å²) < 4.78 is 30.7. The fraction of sp³-hybridized carbons (Fsp3) is 0.190. The Bertz CT molecular complexity index is 1270. The molecule has 160 valence electrons. The molecule has 31 heavy (non-hydrogen) atoms. The smallest absolute Gasteiger partial charge is 0.276 e. The summed E-state index contributed by atoms with van der Waals surface area (Å²) in [7, 11) is -3.77. The molecule has 0 aliphatic heterocycles. The van der Waals surface area contributed by atoms with Crippen LogP contribution in [0.25, 0.3) is 28.5 Å². The first-order chi connectivity index (χ1) is 15.0. The van der Waals surface area contributed by atoms with Crippen molar-refractivity contribution in [3.63, 3.8) is 0 Å².